The smallest absolute Gasteiger partial charge is 0.106 e. The molecule has 0 N–H and O–H groups in total. The first-order valence-electron chi connectivity index (χ1n) is 4.54. The fourth-order valence-electron chi connectivity index (χ4n) is 1.63. The van der Waals surface area contributed by atoms with Gasteiger partial charge < -0.3 is 9.47 Å². The highest BCUT2D eigenvalue weighted by Gasteiger charge is 2.16. The minimum Gasteiger partial charge on any atom is -0.497 e. The van der Waals surface area contributed by atoms with Crippen LogP contribution in [-0.4, -0.2) is 19.3 Å². The number of hydrogen-bond acceptors (Lipinski definition) is 2. The van der Waals surface area contributed by atoms with Gasteiger partial charge in [-0.1, -0.05) is 6.08 Å². The lowest BCUT2D eigenvalue weighted by Crippen LogP contribution is -2.06. The summed E-state index contributed by atoms with van der Waals surface area (Å²) in [7, 11) is 0. The quantitative estimate of drug-likeness (QED) is 0.625. The molecule has 2 rings (SSSR count). The summed E-state index contributed by atoms with van der Waals surface area (Å²) in [6, 6.07) is 0. The third-order valence-corrected chi connectivity index (χ3v) is 2.25. The summed E-state index contributed by atoms with van der Waals surface area (Å²) in [6.45, 7) is 1.65. The number of hydrogen-bond donors (Lipinski definition) is 0. The van der Waals surface area contributed by atoms with Crippen LogP contribution in [0.5, 0.6) is 0 Å². The van der Waals surface area contributed by atoms with E-state index in [1.54, 1.807) is 0 Å². The summed E-state index contributed by atoms with van der Waals surface area (Å²) in [6.07, 6.45) is 9.88. The van der Waals surface area contributed by atoms with Crippen molar-refractivity contribution in [3.8, 4) is 0 Å². The van der Waals surface area contributed by atoms with Gasteiger partial charge in [-0.05, 0) is 24.5 Å². The fraction of sp³-hybridized carbons (Fsp3) is 0.600. The predicted molar refractivity (Wildman–Crippen MR) is 46.8 cm³/mol. The van der Waals surface area contributed by atoms with Crippen molar-refractivity contribution in [1.29, 1.82) is 0 Å². The normalized spacial score (nSPS) is 28.3. The molecule has 0 radical (unpaired) electrons. The highest BCUT2D eigenvalue weighted by atomic mass is 16.5. The Bertz CT molecular complexity index is 200. The summed E-state index contributed by atoms with van der Waals surface area (Å²) in [5, 5.41) is 0. The van der Waals surface area contributed by atoms with E-state index < -0.39 is 0 Å². The molecule has 1 unspecified atom stereocenters. The van der Waals surface area contributed by atoms with Crippen LogP contribution in [0.2, 0.25) is 0 Å². The highest BCUT2D eigenvalue weighted by molar-refractivity contribution is 5.19. The molecule has 0 aromatic heterocycles. The number of rotatable bonds is 2. The van der Waals surface area contributed by atoms with E-state index in [-0.39, 0.29) is 0 Å². The standard InChI is InChI=1S/C10H14O2/c1-3-9(8-11-5-1)7-10-4-2-6-12-10/h1,3,8,10H,2,4-7H2. The fourth-order valence-corrected chi connectivity index (χ4v) is 1.63. The van der Waals surface area contributed by atoms with E-state index in [0.717, 1.165) is 19.6 Å². The maximum Gasteiger partial charge on any atom is 0.106 e. The molecular formula is C10H14O2. The molecule has 1 atom stereocenters. The highest BCUT2D eigenvalue weighted by Crippen LogP contribution is 2.21. The first kappa shape index (κ1) is 7.87. The van der Waals surface area contributed by atoms with Gasteiger partial charge in [0, 0.05) is 13.0 Å². The predicted octanol–water partition coefficient (Wildman–Crippen LogP) is 2.03. The van der Waals surface area contributed by atoms with Gasteiger partial charge in [-0.15, -0.1) is 0 Å². The molecular weight excluding hydrogens is 152 g/mol. The molecule has 1 saturated heterocycles. The Hall–Kier alpha value is -0.760. The van der Waals surface area contributed by atoms with Gasteiger partial charge >= 0.3 is 0 Å². The molecule has 66 valence electrons. The van der Waals surface area contributed by atoms with Crippen LogP contribution in [0.3, 0.4) is 0 Å². The Balaban J connectivity index is 1.85. The molecule has 0 spiro atoms. The monoisotopic (exact) mass is 166 g/mol. The van der Waals surface area contributed by atoms with Crippen LogP contribution in [0.4, 0.5) is 0 Å². The summed E-state index contributed by atoms with van der Waals surface area (Å²) >= 11 is 0. The number of allylic oxidation sites excluding steroid dienone is 1. The molecule has 0 aromatic rings. The molecule has 12 heavy (non-hydrogen) atoms. The number of ether oxygens (including phenoxy) is 2. The Kier molecular flexibility index (Phi) is 2.47. The zero-order valence-corrected chi connectivity index (χ0v) is 7.16. The lowest BCUT2D eigenvalue weighted by molar-refractivity contribution is 0.111. The summed E-state index contributed by atoms with van der Waals surface area (Å²) in [4.78, 5) is 0. The largest absolute Gasteiger partial charge is 0.497 e. The molecule has 0 amide bonds. The molecule has 2 aliphatic heterocycles. The van der Waals surface area contributed by atoms with Crippen molar-refractivity contribution in [2.45, 2.75) is 25.4 Å². The van der Waals surface area contributed by atoms with Crippen LogP contribution in [0.15, 0.2) is 24.0 Å². The van der Waals surface area contributed by atoms with Crippen LogP contribution >= 0.6 is 0 Å². The van der Waals surface area contributed by atoms with Gasteiger partial charge in [0.05, 0.1) is 12.4 Å². The summed E-state index contributed by atoms with van der Waals surface area (Å²) in [5.41, 5.74) is 1.26. The topological polar surface area (TPSA) is 18.5 Å². The van der Waals surface area contributed by atoms with Crippen molar-refractivity contribution < 1.29 is 9.47 Å². The van der Waals surface area contributed by atoms with Gasteiger partial charge in [-0.25, -0.2) is 0 Å². The minimum atomic E-state index is 0.433. The zero-order valence-electron chi connectivity index (χ0n) is 7.16. The van der Waals surface area contributed by atoms with Crippen molar-refractivity contribution in [3.63, 3.8) is 0 Å². The Morgan fingerprint density at radius 1 is 1.50 bits per heavy atom. The molecule has 2 aliphatic rings. The van der Waals surface area contributed by atoms with Crippen molar-refractivity contribution in [3.05, 3.63) is 24.0 Å². The second kappa shape index (κ2) is 3.76. The summed E-state index contributed by atoms with van der Waals surface area (Å²) in [5.74, 6) is 0. The Labute approximate surface area is 72.9 Å². The van der Waals surface area contributed by atoms with Crippen molar-refractivity contribution >= 4 is 0 Å². The van der Waals surface area contributed by atoms with E-state index >= 15 is 0 Å². The Morgan fingerprint density at radius 2 is 2.50 bits per heavy atom. The van der Waals surface area contributed by atoms with Crippen molar-refractivity contribution in [1.82, 2.24) is 0 Å². The van der Waals surface area contributed by atoms with Crippen LogP contribution in [-0.2, 0) is 9.47 Å². The summed E-state index contributed by atoms with van der Waals surface area (Å²) < 4.78 is 10.7. The average Bonchev–Trinajstić information content (AvgIpc) is 2.59. The molecule has 0 bridgehead atoms. The van der Waals surface area contributed by atoms with E-state index in [4.69, 9.17) is 9.47 Å². The molecule has 0 saturated carbocycles. The van der Waals surface area contributed by atoms with E-state index in [0.29, 0.717) is 6.10 Å². The van der Waals surface area contributed by atoms with Gasteiger partial charge in [0.15, 0.2) is 0 Å². The van der Waals surface area contributed by atoms with Crippen LogP contribution in [0, 0.1) is 0 Å². The SMILES string of the molecule is C1=CC(CC2CCCO2)=COC1. The lowest BCUT2D eigenvalue weighted by Gasteiger charge is -2.12. The first-order chi connectivity index (χ1) is 5.95. The first-order valence-corrected chi connectivity index (χ1v) is 4.54. The zero-order chi connectivity index (χ0) is 8.23. The second-order valence-corrected chi connectivity index (χ2v) is 3.27. The van der Waals surface area contributed by atoms with Gasteiger partial charge in [-0.2, -0.15) is 0 Å². The van der Waals surface area contributed by atoms with Crippen LogP contribution in [0.1, 0.15) is 19.3 Å². The van der Waals surface area contributed by atoms with Crippen LogP contribution < -0.4 is 0 Å². The lowest BCUT2D eigenvalue weighted by atomic mass is 10.1. The van der Waals surface area contributed by atoms with E-state index in [1.165, 1.54) is 18.4 Å². The molecule has 2 heteroatoms. The average molecular weight is 166 g/mol. The third-order valence-electron chi connectivity index (χ3n) is 2.25. The van der Waals surface area contributed by atoms with E-state index in [2.05, 4.69) is 6.08 Å². The Morgan fingerprint density at radius 3 is 3.17 bits per heavy atom. The van der Waals surface area contributed by atoms with Gasteiger partial charge in [-0.3, -0.25) is 0 Å². The van der Waals surface area contributed by atoms with E-state index in [1.807, 2.05) is 12.3 Å². The van der Waals surface area contributed by atoms with Gasteiger partial charge in [0.25, 0.3) is 0 Å². The molecule has 2 nitrogen and oxygen atoms in total. The molecule has 0 aliphatic carbocycles. The maximum absolute atomic E-state index is 5.53. The third kappa shape index (κ3) is 1.89. The van der Waals surface area contributed by atoms with Crippen molar-refractivity contribution in [2.75, 3.05) is 13.2 Å². The maximum atomic E-state index is 5.53. The van der Waals surface area contributed by atoms with Crippen LogP contribution in [0.25, 0.3) is 0 Å². The van der Waals surface area contributed by atoms with E-state index in [9.17, 15) is 0 Å². The minimum absolute atomic E-state index is 0.433. The van der Waals surface area contributed by atoms with Gasteiger partial charge in [0.2, 0.25) is 0 Å². The van der Waals surface area contributed by atoms with Gasteiger partial charge in [0.1, 0.15) is 6.61 Å². The van der Waals surface area contributed by atoms with Crippen molar-refractivity contribution in [2.24, 2.45) is 0 Å². The molecule has 2 heterocycles. The molecule has 1 fully saturated rings. The molecule has 0 aromatic carbocycles. The second-order valence-electron chi connectivity index (χ2n) is 3.27.